The summed E-state index contributed by atoms with van der Waals surface area (Å²) in [6.45, 7) is 9.85. The van der Waals surface area contributed by atoms with E-state index in [1.54, 1.807) is 32.7 Å². The summed E-state index contributed by atoms with van der Waals surface area (Å²) in [5, 5.41) is 11.3. The molecule has 10 heteroatoms. The number of β-lactam (4-membered cyclic amide) rings is 1. The number of hydroxylamine groups is 2. The Kier molecular flexibility index (Phi) is 7.94. The van der Waals surface area contributed by atoms with Gasteiger partial charge in [0.05, 0.1) is 19.3 Å². The van der Waals surface area contributed by atoms with Crippen LogP contribution < -0.4 is 5.73 Å². The van der Waals surface area contributed by atoms with Gasteiger partial charge in [0, 0.05) is 12.6 Å². The summed E-state index contributed by atoms with van der Waals surface area (Å²) in [6.07, 6.45) is 1.29. The molecule has 0 aliphatic carbocycles. The number of amides is 3. The van der Waals surface area contributed by atoms with Crippen LogP contribution in [-0.2, 0) is 19.2 Å². The first-order valence-corrected chi connectivity index (χ1v) is 11.0. The molecule has 0 bridgehead atoms. The van der Waals surface area contributed by atoms with Gasteiger partial charge in [0.1, 0.15) is 17.2 Å². The average molecular weight is 443 g/mol. The highest BCUT2D eigenvalue weighted by molar-refractivity contribution is 5.95. The molecular formula is C21H38N4O6. The van der Waals surface area contributed by atoms with Crippen LogP contribution in [0.2, 0.25) is 0 Å². The van der Waals surface area contributed by atoms with Crippen molar-refractivity contribution in [3.05, 3.63) is 0 Å². The van der Waals surface area contributed by atoms with Crippen molar-refractivity contribution in [2.45, 2.75) is 89.6 Å². The number of nitrogens with zero attached hydrogens (tertiary/aromatic N) is 3. The molecule has 31 heavy (non-hydrogen) atoms. The van der Waals surface area contributed by atoms with E-state index >= 15 is 0 Å². The zero-order valence-electron chi connectivity index (χ0n) is 19.6. The van der Waals surface area contributed by atoms with E-state index in [9.17, 15) is 19.5 Å². The molecule has 2 rings (SSSR count). The van der Waals surface area contributed by atoms with E-state index in [1.807, 2.05) is 6.92 Å². The third kappa shape index (κ3) is 5.48. The fourth-order valence-electron chi connectivity index (χ4n) is 4.39. The van der Waals surface area contributed by atoms with Crippen LogP contribution in [0.25, 0.3) is 0 Å². The smallest absolute Gasteiger partial charge is 0.411 e. The third-order valence-corrected chi connectivity index (χ3v) is 5.80. The number of nitrogens with two attached hydrogens (primary N) is 1. The SMILES string of the molecule is CCCCON1CC2(CCC(CN(C)[C@H](C(N)=O)[C@@H](C)O)N2C(=O)OC(C)(C)C)C1=O. The molecule has 2 unspecified atom stereocenters. The van der Waals surface area contributed by atoms with Crippen molar-refractivity contribution in [3.8, 4) is 0 Å². The van der Waals surface area contributed by atoms with Crippen molar-refractivity contribution in [2.75, 3.05) is 26.7 Å². The zero-order chi connectivity index (χ0) is 23.6. The molecule has 2 saturated heterocycles. The van der Waals surface area contributed by atoms with E-state index in [0.29, 0.717) is 19.4 Å². The monoisotopic (exact) mass is 442 g/mol. The lowest BCUT2D eigenvalue weighted by Gasteiger charge is -2.51. The normalized spacial score (nSPS) is 25.7. The van der Waals surface area contributed by atoms with Crippen molar-refractivity contribution >= 4 is 17.9 Å². The molecule has 10 nitrogen and oxygen atoms in total. The number of rotatable bonds is 9. The molecule has 3 N–H and O–H groups in total. The Balaban J connectivity index is 2.22. The lowest BCUT2D eigenvalue weighted by molar-refractivity contribution is -0.237. The summed E-state index contributed by atoms with van der Waals surface area (Å²) in [5.74, 6) is -0.897. The maximum absolute atomic E-state index is 13.1. The van der Waals surface area contributed by atoms with Gasteiger partial charge >= 0.3 is 6.09 Å². The highest BCUT2D eigenvalue weighted by atomic mass is 16.7. The lowest BCUT2D eigenvalue weighted by Crippen LogP contribution is -2.74. The Bertz CT molecular complexity index is 679. The summed E-state index contributed by atoms with van der Waals surface area (Å²) in [4.78, 5) is 46.7. The third-order valence-electron chi connectivity index (χ3n) is 5.80. The second kappa shape index (κ2) is 9.70. The Morgan fingerprint density at radius 3 is 2.52 bits per heavy atom. The number of likely N-dealkylation sites (tertiary alicyclic amines) is 1. The minimum absolute atomic E-state index is 0.249. The molecule has 0 aromatic rings. The first-order valence-electron chi connectivity index (χ1n) is 11.0. The second-order valence-corrected chi connectivity index (χ2v) is 9.63. The predicted octanol–water partition coefficient (Wildman–Crippen LogP) is 0.865. The number of unbranched alkanes of at least 4 members (excludes halogenated alkanes) is 1. The molecule has 4 atom stereocenters. The Labute approximate surface area is 184 Å². The standard InChI is InChI=1S/C21H38N4O6/c1-7-8-11-30-24-13-21(18(24)28)10-9-15(25(21)19(29)31-20(3,4)5)12-23(6)16(14(2)26)17(22)27/h14-16,26H,7-13H2,1-6H3,(H2,22,27)/t14-,15?,16+,21?/m1/s1. The predicted molar refractivity (Wildman–Crippen MR) is 114 cm³/mol. The van der Waals surface area contributed by atoms with E-state index in [1.165, 1.54) is 16.9 Å². The van der Waals surface area contributed by atoms with Crippen LogP contribution >= 0.6 is 0 Å². The van der Waals surface area contributed by atoms with Gasteiger partial charge in [-0.1, -0.05) is 13.3 Å². The van der Waals surface area contributed by atoms with Crippen LogP contribution in [0.3, 0.4) is 0 Å². The molecule has 2 fully saturated rings. The quantitative estimate of drug-likeness (QED) is 0.401. The van der Waals surface area contributed by atoms with Gasteiger partial charge in [-0.3, -0.25) is 24.2 Å². The van der Waals surface area contributed by atoms with Gasteiger partial charge in [-0.2, -0.15) is 0 Å². The summed E-state index contributed by atoms with van der Waals surface area (Å²) in [6, 6.07) is -1.27. The molecule has 0 radical (unpaired) electrons. The Morgan fingerprint density at radius 1 is 1.39 bits per heavy atom. The van der Waals surface area contributed by atoms with Crippen molar-refractivity contribution in [1.82, 2.24) is 14.9 Å². The number of hydrogen-bond acceptors (Lipinski definition) is 7. The molecule has 1 spiro atoms. The number of likely N-dealkylation sites (N-methyl/N-ethyl adjacent to an activating group) is 1. The number of aliphatic hydroxyl groups is 1. The summed E-state index contributed by atoms with van der Waals surface area (Å²) in [7, 11) is 1.67. The number of carbonyl (C=O) groups excluding carboxylic acids is 3. The molecule has 2 aliphatic heterocycles. The van der Waals surface area contributed by atoms with Crippen molar-refractivity contribution in [3.63, 3.8) is 0 Å². The number of carbonyl (C=O) groups is 3. The van der Waals surface area contributed by atoms with Gasteiger partial charge < -0.3 is 15.6 Å². The fraction of sp³-hybridized carbons (Fsp3) is 0.857. The number of primary amides is 1. The van der Waals surface area contributed by atoms with Crippen LogP contribution in [0.15, 0.2) is 0 Å². The topological polar surface area (TPSA) is 126 Å². The molecule has 178 valence electrons. The van der Waals surface area contributed by atoms with Gasteiger partial charge in [-0.25, -0.2) is 9.86 Å². The van der Waals surface area contributed by atoms with Crippen LogP contribution in [0.4, 0.5) is 4.79 Å². The van der Waals surface area contributed by atoms with E-state index in [2.05, 4.69) is 0 Å². The minimum atomic E-state index is -1.01. The van der Waals surface area contributed by atoms with Crippen LogP contribution in [0.1, 0.15) is 60.3 Å². The van der Waals surface area contributed by atoms with Crippen molar-refractivity contribution in [2.24, 2.45) is 5.73 Å². The van der Waals surface area contributed by atoms with Crippen molar-refractivity contribution < 1.29 is 29.1 Å². The van der Waals surface area contributed by atoms with Crippen LogP contribution in [-0.4, -0.2) is 93.9 Å². The fourth-order valence-corrected chi connectivity index (χ4v) is 4.39. The highest BCUT2D eigenvalue weighted by Gasteiger charge is 2.64. The molecule has 0 saturated carbocycles. The van der Waals surface area contributed by atoms with E-state index in [0.717, 1.165) is 12.8 Å². The van der Waals surface area contributed by atoms with Gasteiger partial charge in [0.25, 0.3) is 5.91 Å². The summed E-state index contributed by atoms with van der Waals surface area (Å²) < 4.78 is 5.62. The Hall–Kier alpha value is -1.91. The lowest BCUT2D eigenvalue weighted by atomic mass is 9.88. The Morgan fingerprint density at radius 2 is 2.03 bits per heavy atom. The molecule has 2 aliphatic rings. The average Bonchev–Trinajstić information content (AvgIpc) is 2.99. The second-order valence-electron chi connectivity index (χ2n) is 9.63. The number of hydrogen-bond donors (Lipinski definition) is 2. The van der Waals surface area contributed by atoms with E-state index in [4.69, 9.17) is 15.3 Å². The first-order chi connectivity index (χ1) is 14.3. The maximum Gasteiger partial charge on any atom is 0.411 e. The molecule has 3 amide bonds. The molecular weight excluding hydrogens is 404 g/mol. The molecule has 2 heterocycles. The van der Waals surface area contributed by atoms with E-state index < -0.39 is 35.3 Å². The summed E-state index contributed by atoms with van der Waals surface area (Å²) >= 11 is 0. The van der Waals surface area contributed by atoms with Crippen LogP contribution in [0, 0.1) is 0 Å². The number of aliphatic hydroxyl groups excluding tert-OH is 1. The highest BCUT2D eigenvalue weighted by Crippen LogP contribution is 2.43. The maximum atomic E-state index is 13.1. The summed E-state index contributed by atoms with van der Waals surface area (Å²) in [5.41, 5.74) is 3.72. The minimum Gasteiger partial charge on any atom is -0.444 e. The van der Waals surface area contributed by atoms with Crippen molar-refractivity contribution in [1.29, 1.82) is 0 Å². The number of ether oxygens (including phenoxy) is 1. The van der Waals surface area contributed by atoms with Gasteiger partial charge in [0.2, 0.25) is 5.91 Å². The zero-order valence-corrected chi connectivity index (χ0v) is 19.6. The first kappa shape index (κ1) is 25.4. The molecule has 0 aromatic carbocycles. The van der Waals surface area contributed by atoms with Gasteiger partial charge in [-0.15, -0.1) is 0 Å². The van der Waals surface area contributed by atoms with Gasteiger partial charge in [0.15, 0.2) is 0 Å². The van der Waals surface area contributed by atoms with Crippen LogP contribution in [0.5, 0.6) is 0 Å². The van der Waals surface area contributed by atoms with E-state index in [-0.39, 0.29) is 25.0 Å². The van der Waals surface area contributed by atoms with Gasteiger partial charge in [-0.05, 0) is 54.0 Å². The largest absolute Gasteiger partial charge is 0.444 e. The molecule has 0 aromatic heterocycles.